The Morgan fingerprint density at radius 1 is 1.07 bits per heavy atom. The maximum atomic E-state index is 12.7. The van der Waals surface area contributed by atoms with Crippen LogP contribution in [0.4, 0.5) is 11.4 Å². The molecule has 0 radical (unpaired) electrons. The smallest absolute Gasteiger partial charge is 0.261 e. The maximum Gasteiger partial charge on any atom is 0.261 e. The molecule has 2 aromatic rings. The number of carbonyl (C=O) groups is 1. The van der Waals surface area contributed by atoms with Crippen molar-refractivity contribution in [3.8, 4) is 0 Å². The van der Waals surface area contributed by atoms with E-state index in [1.54, 1.807) is 23.1 Å². The number of nitrogens with zero attached hydrogens (tertiary/aromatic N) is 1. The van der Waals surface area contributed by atoms with Gasteiger partial charge in [-0.05, 0) is 60.2 Å². The van der Waals surface area contributed by atoms with Crippen LogP contribution < -0.4 is 9.62 Å². The summed E-state index contributed by atoms with van der Waals surface area (Å²) in [6, 6.07) is 12.4. The number of nitrogens with one attached hydrogen (secondary N) is 1. The normalized spacial score (nSPS) is 14.4. The minimum Gasteiger partial charge on any atom is -0.312 e. The van der Waals surface area contributed by atoms with E-state index in [2.05, 4.69) is 18.6 Å². The van der Waals surface area contributed by atoms with E-state index in [1.165, 1.54) is 0 Å². The van der Waals surface area contributed by atoms with E-state index >= 15 is 0 Å². The Kier molecular flexibility index (Phi) is 5.56. The molecule has 0 fully saturated rings. The molecule has 0 unspecified atom stereocenters. The highest BCUT2D eigenvalue weighted by Gasteiger charge is 2.24. The highest BCUT2D eigenvalue weighted by molar-refractivity contribution is 7.92. The number of hydrogen-bond donors (Lipinski definition) is 1. The summed E-state index contributed by atoms with van der Waals surface area (Å²) in [5.74, 6) is 0.479. The van der Waals surface area contributed by atoms with E-state index in [1.807, 2.05) is 31.2 Å². The fourth-order valence-corrected chi connectivity index (χ4v) is 4.39. The van der Waals surface area contributed by atoms with Crippen molar-refractivity contribution in [2.45, 2.75) is 50.8 Å². The van der Waals surface area contributed by atoms with Crippen LogP contribution in [0.15, 0.2) is 47.4 Å². The van der Waals surface area contributed by atoms with Crippen molar-refractivity contribution in [1.29, 1.82) is 0 Å². The van der Waals surface area contributed by atoms with Crippen LogP contribution in [0.25, 0.3) is 0 Å². The number of amides is 1. The fourth-order valence-electron chi connectivity index (χ4n) is 3.34. The summed E-state index contributed by atoms with van der Waals surface area (Å²) in [5.41, 5.74) is 3.51. The summed E-state index contributed by atoms with van der Waals surface area (Å²) in [6.07, 6.45) is 1.97. The SMILES string of the molecule is CCCN1C(=O)CCc2cc(NS(=O)(=O)c3ccc(C(C)C)cc3)ccc21. The molecule has 0 spiro atoms. The van der Waals surface area contributed by atoms with E-state index in [4.69, 9.17) is 0 Å². The molecular formula is C21H26N2O3S. The molecule has 1 aliphatic rings. The van der Waals surface area contributed by atoms with Gasteiger partial charge in [-0.3, -0.25) is 9.52 Å². The van der Waals surface area contributed by atoms with Gasteiger partial charge in [-0.1, -0.05) is 32.9 Å². The highest BCUT2D eigenvalue weighted by atomic mass is 32.2. The molecule has 1 heterocycles. The minimum absolute atomic E-state index is 0.128. The lowest BCUT2D eigenvalue weighted by Gasteiger charge is -2.29. The molecule has 3 rings (SSSR count). The van der Waals surface area contributed by atoms with Gasteiger partial charge in [0.05, 0.1) is 4.90 Å². The van der Waals surface area contributed by atoms with Crippen molar-refractivity contribution in [3.05, 3.63) is 53.6 Å². The Morgan fingerprint density at radius 3 is 2.41 bits per heavy atom. The van der Waals surface area contributed by atoms with Gasteiger partial charge in [-0.2, -0.15) is 0 Å². The van der Waals surface area contributed by atoms with Crippen LogP contribution in [-0.2, 0) is 21.2 Å². The maximum absolute atomic E-state index is 12.7. The summed E-state index contributed by atoms with van der Waals surface area (Å²) in [7, 11) is -3.65. The van der Waals surface area contributed by atoms with Gasteiger partial charge in [0, 0.05) is 24.3 Å². The highest BCUT2D eigenvalue weighted by Crippen LogP contribution is 2.31. The predicted octanol–water partition coefficient (Wildman–Crippen LogP) is 4.30. The van der Waals surface area contributed by atoms with Crippen LogP contribution in [-0.4, -0.2) is 20.9 Å². The third-order valence-electron chi connectivity index (χ3n) is 4.84. The minimum atomic E-state index is -3.65. The Morgan fingerprint density at radius 2 is 1.78 bits per heavy atom. The molecule has 0 saturated carbocycles. The Labute approximate surface area is 161 Å². The Hall–Kier alpha value is -2.34. The first-order valence-corrected chi connectivity index (χ1v) is 10.9. The number of benzene rings is 2. The molecule has 0 aromatic heterocycles. The number of aryl methyl sites for hydroxylation is 1. The zero-order valence-electron chi connectivity index (χ0n) is 16.0. The molecule has 2 aromatic carbocycles. The number of anilines is 2. The first kappa shape index (κ1) is 19.4. The molecule has 6 heteroatoms. The van der Waals surface area contributed by atoms with Crippen LogP contribution in [0.1, 0.15) is 50.7 Å². The zero-order valence-corrected chi connectivity index (χ0v) is 16.8. The summed E-state index contributed by atoms with van der Waals surface area (Å²) < 4.78 is 28.0. The van der Waals surface area contributed by atoms with E-state index < -0.39 is 10.0 Å². The van der Waals surface area contributed by atoms with Gasteiger partial charge in [0.2, 0.25) is 5.91 Å². The van der Waals surface area contributed by atoms with Crippen LogP contribution in [0.2, 0.25) is 0 Å². The molecule has 27 heavy (non-hydrogen) atoms. The van der Waals surface area contributed by atoms with E-state index in [0.717, 1.165) is 23.2 Å². The Balaban J connectivity index is 1.84. The molecule has 5 nitrogen and oxygen atoms in total. The second kappa shape index (κ2) is 7.72. The largest absolute Gasteiger partial charge is 0.312 e. The average molecular weight is 387 g/mol. The van der Waals surface area contributed by atoms with Crippen molar-refractivity contribution < 1.29 is 13.2 Å². The van der Waals surface area contributed by atoms with Gasteiger partial charge in [-0.25, -0.2) is 8.42 Å². The average Bonchev–Trinajstić information content (AvgIpc) is 2.64. The van der Waals surface area contributed by atoms with Gasteiger partial charge in [0.25, 0.3) is 10.0 Å². The van der Waals surface area contributed by atoms with E-state index in [0.29, 0.717) is 31.0 Å². The molecule has 0 aliphatic carbocycles. The second-order valence-corrected chi connectivity index (χ2v) is 8.90. The third kappa shape index (κ3) is 4.16. The molecule has 0 atom stereocenters. The number of carbonyl (C=O) groups excluding carboxylic acids is 1. The van der Waals surface area contributed by atoms with Gasteiger partial charge in [-0.15, -0.1) is 0 Å². The van der Waals surface area contributed by atoms with Gasteiger partial charge in [0.1, 0.15) is 0 Å². The molecule has 1 aliphatic heterocycles. The van der Waals surface area contributed by atoms with Crippen molar-refractivity contribution in [2.75, 3.05) is 16.2 Å². The van der Waals surface area contributed by atoms with Gasteiger partial charge < -0.3 is 4.90 Å². The fraction of sp³-hybridized carbons (Fsp3) is 0.381. The molecule has 0 saturated heterocycles. The molecule has 0 bridgehead atoms. The van der Waals surface area contributed by atoms with Crippen LogP contribution in [0.5, 0.6) is 0 Å². The lowest BCUT2D eigenvalue weighted by Crippen LogP contribution is -2.35. The molecular weight excluding hydrogens is 360 g/mol. The first-order valence-electron chi connectivity index (χ1n) is 9.38. The predicted molar refractivity (Wildman–Crippen MR) is 109 cm³/mol. The van der Waals surface area contributed by atoms with Crippen LogP contribution in [0.3, 0.4) is 0 Å². The number of hydrogen-bond acceptors (Lipinski definition) is 3. The quantitative estimate of drug-likeness (QED) is 0.805. The first-order chi connectivity index (χ1) is 12.8. The second-order valence-electron chi connectivity index (χ2n) is 7.22. The van der Waals surface area contributed by atoms with Crippen molar-refractivity contribution in [2.24, 2.45) is 0 Å². The Bertz CT molecular complexity index is 934. The summed E-state index contributed by atoms with van der Waals surface area (Å²) in [6.45, 7) is 6.86. The topological polar surface area (TPSA) is 66.5 Å². The van der Waals surface area contributed by atoms with Gasteiger partial charge >= 0.3 is 0 Å². The van der Waals surface area contributed by atoms with E-state index in [9.17, 15) is 13.2 Å². The van der Waals surface area contributed by atoms with Crippen LogP contribution in [0, 0.1) is 0 Å². The van der Waals surface area contributed by atoms with Crippen LogP contribution >= 0.6 is 0 Å². The lowest BCUT2D eigenvalue weighted by molar-refractivity contribution is -0.118. The molecule has 1 amide bonds. The monoisotopic (exact) mass is 386 g/mol. The van der Waals surface area contributed by atoms with E-state index in [-0.39, 0.29) is 10.8 Å². The standard InChI is InChI=1S/C21H26N2O3S/c1-4-13-23-20-11-8-18(14-17(20)7-12-21(23)24)22-27(25,26)19-9-5-16(6-10-19)15(2)3/h5-6,8-11,14-15,22H,4,7,12-13H2,1-3H3. The van der Waals surface area contributed by atoms with Gasteiger partial charge in [0.15, 0.2) is 0 Å². The number of sulfonamides is 1. The molecule has 144 valence electrons. The third-order valence-corrected chi connectivity index (χ3v) is 6.23. The van der Waals surface area contributed by atoms with Crippen molar-refractivity contribution in [3.63, 3.8) is 0 Å². The summed E-state index contributed by atoms with van der Waals surface area (Å²) in [5, 5.41) is 0. The van der Waals surface area contributed by atoms with Crippen molar-refractivity contribution in [1.82, 2.24) is 0 Å². The lowest BCUT2D eigenvalue weighted by atomic mass is 10.0. The summed E-state index contributed by atoms with van der Waals surface area (Å²) in [4.78, 5) is 14.2. The zero-order chi connectivity index (χ0) is 19.6. The molecule has 1 N–H and O–H groups in total. The number of rotatable bonds is 6. The number of fused-ring (bicyclic) bond motifs is 1. The summed E-state index contributed by atoms with van der Waals surface area (Å²) >= 11 is 0. The van der Waals surface area contributed by atoms with Crippen molar-refractivity contribution >= 4 is 27.3 Å².